The first-order valence-corrected chi connectivity index (χ1v) is 9.02. The number of rotatable bonds is 7. The Balaban J connectivity index is 1.74. The third kappa shape index (κ3) is 4.19. The first-order valence-electron chi connectivity index (χ1n) is 8.03. The van der Waals surface area contributed by atoms with Crippen molar-refractivity contribution in [3.8, 4) is 0 Å². The van der Waals surface area contributed by atoms with Gasteiger partial charge in [-0.25, -0.2) is 4.79 Å². The molecule has 0 aromatic heterocycles. The van der Waals surface area contributed by atoms with Crippen molar-refractivity contribution in [2.45, 2.75) is 44.0 Å². The molecule has 0 aromatic carbocycles. The molecule has 2 aliphatic rings. The minimum Gasteiger partial charge on any atom is -0.454 e. The van der Waals surface area contributed by atoms with Crippen molar-refractivity contribution in [1.82, 2.24) is 15.5 Å². The van der Waals surface area contributed by atoms with E-state index in [1.165, 1.54) is 0 Å². The number of thioether (sulfide) groups is 1. The number of amides is 3. The van der Waals surface area contributed by atoms with Gasteiger partial charge in [-0.1, -0.05) is 6.92 Å². The molecule has 2 saturated heterocycles. The third-order valence-corrected chi connectivity index (χ3v) is 5.59. The summed E-state index contributed by atoms with van der Waals surface area (Å²) in [4.78, 5) is 48.4. The summed E-state index contributed by atoms with van der Waals surface area (Å²) < 4.78 is 5.01. The van der Waals surface area contributed by atoms with Crippen LogP contribution in [0.25, 0.3) is 0 Å². The Hall–Kier alpha value is -1.77. The molecule has 2 rings (SSSR count). The first-order chi connectivity index (χ1) is 11.4. The Morgan fingerprint density at radius 2 is 2.08 bits per heavy atom. The molecule has 134 valence electrons. The smallest absolute Gasteiger partial charge is 0.330 e. The molecule has 0 radical (unpaired) electrons. The van der Waals surface area contributed by atoms with Gasteiger partial charge in [-0.05, 0) is 19.8 Å². The van der Waals surface area contributed by atoms with E-state index in [9.17, 15) is 19.2 Å². The fourth-order valence-corrected chi connectivity index (χ4v) is 4.20. The Bertz CT molecular complexity index is 541. The SMILES string of the molecule is CCCNC(=O)CNC(=O)COC(=O)[C@@H]1CS[C@@]2(C)CCC(=O)N12. The second-order valence-electron chi connectivity index (χ2n) is 6.00. The Morgan fingerprint density at radius 3 is 2.79 bits per heavy atom. The quantitative estimate of drug-likeness (QED) is 0.602. The van der Waals surface area contributed by atoms with E-state index in [-0.39, 0.29) is 23.2 Å². The van der Waals surface area contributed by atoms with Crippen molar-refractivity contribution in [3.05, 3.63) is 0 Å². The lowest BCUT2D eigenvalue weighted by molar-refractivity contribution is -0.156. The second-order valence-corrected chi connectivity index (χ2v) is 7.50. The number of nitrogens with zero attached hydrogens (tertiary/aromatic N) is 1. The molecule has 24 heavy (non-hydrogen) atoms. The molecule has 0 bridgehead atoms. The largest absolute Gasteiger partial charge is 0.454 e. The van der Waals surface area contributed by atoms with E-state index in [1.54, 1.807) is 16.7 Å². The molecular weight excluding hydrogens is 334 g/mol. The van der Waals surface area contributed by atoms with Gasteiger partial charge in [0.1, 0.15) is 6.04 Å². The zero-order valence-electron chi connectivity index (χ0n) is 13.9. The average molecular weight is 357 g/mol. The minimum absolute atomic E-state index is 0.0542. The molecule has 0 spiro atoms. The van der Waals surface area contributed by atoms with Crippen molar-refractivity contribution in [2.75, 3.05) is 25.4 Å². The molecule has 2 atom stereocenters. The van der Waals surface area contributed by atoms with Gasteiger partial charge in [0.05, 0.1) is 11.4 Å². The van der Waals surface area contributed by atoms with Gasteiger partial charge in [0.25, 0.3) is 5.91 Å². The predicted molar refractivity (Wildman–Crippen MR) is 88.0 cm³/mol. The summed E-state index contributed by atoms with van der Waals surface area (Å²) >= 11 is 1.56. The zero-order valence-corrected chi connectivity index (χ0v) is 14.7. The van der Waals surface area contributed by atoms with Crippen LogP contribution >= 0.6 is 11.8 Å². The number of carbonyl (C=O) groups is 4. The molecule has 3 amide bonds. The van der Waals surface area contributed by atoms with Crippen molar-refractivity contribution < 1.29 is 23.9 Å². The Kier molecular flexibility index (Phi) is 6.09. The number of carbonyl (C=O) groups excluding carboxylic acids is 4. The number of nitrogens with one attached hydrogen (secondary N) is 2. The monoisotopic (exact) mass is 357 g/mol. The highest BCUT2D eigenvalue weighted by Crippen LogP contribution is 2.47. The van der Waals surface area contributed by atoms with Crippen LogP contribution in [-0.4, -0.2) is 65.0 Å². The summed E-state index contributed by atoms with van der Waals surface area (Å²) in [7, 11) is 0. The van der Waals surface area contributed by atoms with Gasteiger partial charge in [0.2, 0.25) is 11.8 Å². The third-order valence-electron chi connectivity index (χ3n) is 4.08. The Labute approximate surface area is 145 Å². The maximum absolute atomic E-state index is 12.2. The highest BCUT2D eigenvalue weighted by Gasteiger charge is 2.53. The lowest BCUT2D eigenvalue weighted by Crippen LogP contribution is -2.47. The fourth-order valence-electron chi connectivity index (χ4n) is 2.78. The van der Waals surface area contributed by atoms with Gasteiger partial charge in [-0.2, -0.15) is 0 Å². The Morgan fingerprint density at radius 1 is 1.33 bits per heavy atom. The van der Waals surface area contributed by atoms with Crippen LogP contribution in [0.5, 0.6) is 0 Å². The number of hydrogen-bond donors (Lipinski definition) is 2. The van der Waals surface area contributed by atoms with Gasteiger partial charge in [-0.3, -0.25) is 14.4 Å². The van der Waals surface area contributed by atoms with E-state index in [2.05, 4.69) is 10.6 Å². The molecular formula is C15H23N3O5S. The average Bonchev–Trinajstić information content (AvgIpc) is 3.05. The summed E-state index contributed by atoms with van der Waals surface area (Å²) in [6.07, 6.45) is 1.96. The molecule has 2 heterocycles. The standard InChI is InChI=1S/C15H23N3O5S/c1-3-6-16-11(19)7-17-12(20)8-23-14(22)10-9-24-15(2)5-4-13(21)18(10)15/h10H,3-9H2,1-2H3,(H,16,19)(H,17,20)/t10-,15-/m0/s1. The van der Waals surface area contributed by atoms with Gasteiger partial charge in [-0.15, -0.1) is 11.8 Å². The molecule has 0 saturated carbocycles. The van der Waals surface area contributed by atoms with E-state index in [0.29, 0.717) is 25.1 Å². The van der Waals surface area contributed by atoms with Crippen LogP contribution in [0.2, 0.25) is 0 Å². The van der Waals surface area contributed by atoms with Crippen LogP contribution < -0.4 is 10.6 Å². The normalized spacial score (nSPS) is 25.3. The van der Waals surface area contributed by atoms with E-state index in [1.807, 2.05) is 13.8 Å². The zero-order chi connectivity index (χ0) is 17.7. The summed E-state index contributed by atoms with van der Waals surface area (Å²) in [5.74, 6) is -0.992. The van der Waals surface area contributed by atoms with Crippen LogP contribution in [-0.2, 0) is 23.9 Å². The van der Waals surface area contributed by atoms with Crippen LogP contribution in [0.4, 0.5) is 0 Å². The van der Waals surface area contributed by atoms with Gasteiger partial charge in [0.15, 0.2) is 6.61 Å². The minimum atomic E-state index is -0.643. The van der Waals surface area contributed by atoms with E-state index >= 15 is 0 Å². The molecule has 2 fully saturated rings. The summed E-state index contributed by atoms with van der Waals surface area (Å²) in [6.45, 7) is 3.80. The van der Waals surface area contributed by atoms with Gasteiger partial charge < -0.3 is 20.3 Å². The molecule has 2 aliphatic heterocycles. The first kappa shape index (κ1) is 18.6. The summed E-state index contributed by atoms with van der Waals surface area (Å²) in [5, 5.41) is 5.01. The topological polar surface area (TPSA) is 105 Å². The molecule has 8 nitrogen and oxygen atoms in total. The van der Waals surface area contributed by atoms with Crippen molar-refractivity contribution in [1.29, 1.82) is 0 Å². The highest BCUT2D eigenvalue weighted by atomic mass is 32.2. The number of ether oxygens (including phenoxy) is 1. The van der Waals surface area contributed by atoms with E-state index in [0.717, 1.165) is 6.42 Å². The van der Waals surface area contributed by atoms with Crippen molar-refractivity contribution >= 4 is 35.5 Å². The van der Waals surface area contributed by atoms with Crippen LogP contribution in [0.1, 0.15) is 33.1 Å². The molecule has 0 unspecified atom stereocenters. The summed E-state index contributed by atoms with van der Waals surface area (Å²) in [5.41, 5.74) is 0. The maximum Gasteiger partial charge on any atom is 0.330 e. The van der Waals surface area contributed by atoms with Crippen LogP contribution in [0.3, 0.4) is 0 Å². The number of hydrogen-bond acceptors (Lipinski definition) is 6. The molecule has 0 aromatic rings. The molecule has 9 heteroatoms. The lowest BCUT2D eigenvalue weighted by Gasteiger charge is -2.29. The van der Waals surface area contributed by atoms with Crippen molar-refractivity contribution in [3.63, 3.8) is 0 Å². The summed E-state index contributed by atoms with van der Waals surface area (Å²) in [6, 6.07) is -0.643. The number of esters is 1. The van der Waals surface area contributed by atoms with Gasteiger partial charge in [0, 0.05) is 18.7 Å². The van der Waals surface area contributed by atoms with E-state index in [4.69, 9.17) is 4.74 Å². The highest BCUT2D eigenvalue weighted by molar-refractivity contribution is 8.01. The lowest BCUT2D eigenvalue weighted by atomic mass is 10.2. The fraction of sp³-hybridized carbons (Fsp3) is 0.733. The van der Waals surface area contributed by atoms with Crippen molar-refractivity contribution in [2.24, 2.45) is 0 Å². The maximum atomic E-state index is 12.2. The van der Waals surface area contributed by atoms with Crippen LogP contribution in [0.15, 0.2) is 0 Å². The predicted octanol–water partition coefficient (Wildman–Crippen LogP) is -0.374. The van der Waals surface area contributed by atoms with Gasteiger partial charge >= 0.3 is 5.97 Å². The molecule has 0 aliphatic carbocycles. The molecule has 2 N–H and O–H groups in total. The van der Waals surface area contributed by atoms with E-state index < -0.39 is 24.5 Å². The second kappa shape index (κ2) is 7.87. The number of fused-ring (bicyclic) bond motifs is 1. The van der Waals surface area contributed by atoms with Crippen LogP contribution in [0, 0.1) is 0 Å².